The van der Waals surface area contributed by atoms with Gasteiger partial charge in [0.05, 0.1) is 11.8 Å². The molecule has 0 amide bonds. The van der Waals surface area contributed by atoms with E-state index in [9.17, 15) is 5.11 Å². The minimum absolute atomic E-state index is 0.0168. The molecule has 0 radical (unpaired) electrons. The molecule has 194 valence electrons. The number of oxime groups is 1. The van der Waals surface area contributed by atoms with Gasteiger partial charge in [0.1, 0.15) is 7.11 Å². The third kappa shape index (κ3) is 3.65. The molecule has 0 aromatic carbocycles. The summed E-state index contributed by atoms with van der Waals surface area (Å²) in [5.41, 5.74) is 3.42. The highest BCUT2D eigenvalue weighted by atomic mass is 16.6. The second-order valence-corrected chi connectivity index (χ2v) is 14.3. The van der Waals surface area contributed by atoms with Gasteiger partial charge in [0.15, 0.2) is 0 Å². The molecule has 4 aliphatic carbocycles. The van der Waals surface area contributed by atoms with Crippen molar-refractivity contribution >= 4 is 5.71 Å². The Balaban J connectivity index is 1.72. The molecule has 3 heteroatoms. The molecule has 0 aliphatic heterocycles. The lowest BCUT2D eigenvalue weighted by atomic mass is 9.41. The summed E-state index contributed by atoms with van der Waals surface area (Å²) in [7, 11) is 1.73. The molecular weight excluding hydrogens is 418 g/mol. The van der Waals surface area contributed by atoms with Gasteiger partial charge in [-0.05, 0) is 91.3 Å². The minimum atomic E-state index is -0.182. The van der Waals surface area contributed by atoms with Crippen molar-refractivity contribution in [1.29, 1.82) is 0 Å². The lowest BCUT2D eigenvalue weighted by Crippen LogP contribution is -2.58. The first-order valence-corrected chi connectivity index (χ1v) is 14.3. The summed E-state index contributed by atoms with van der Waals surface area (Å²) in [5.74, 6) is 3.29. The van der Waals surface area contributed by atoms with Gasteiger partial charge >= 0.3 is 0 Å². The third-order valence-electron chi connectivity index (χ3n) is 12.1. The molecule has 3 fully saturated rings. The molecule has 0 bridgehead atoms. The van der Waals surface area contributed by atoms with E-state index in [1.165, 1.54) is 37.8 Å². The van der Waals surface area contributed by atoms with Crippen LogP contribution in [0.4, 0.5) is 0 Å². The van der Waals surface area contributed by atoms with E-state index in [0.717, 1.165) is 31.6 Å². The predicted octanol–water partition coefficient (Wildman–Crippen LogP) is 8.03. The van der Waals surface area contributed by atoms with Gasteiger partial charge in [-0.2, -0.15) is 0 Å². The number of hydrogen-bond donors (Lipinski definition) is 1. The average molecular weight is 472 g/mol. The summed E-state index contributed by atoms with van der Waals surface area (Å²) in [6.07, 6.45) is 13.2. The maximum Gasteiger partial charge on any atom is 0.106 e. The fraction of sp³-hybridized carbons (Fsp3) is 0.903. The first-order chi connectivity index (χ1) is 15.8. The molecule has 0 aromatic heterocycles. The third-order valence-corrected chi connectivity index (χ3v) is 12.1. The Morgan fingerprint density at radius 2 is 1.76 bits per heavy atom. The number of nitrogens with zero attached hydrogens (tertiary/aromatic N) is 1. The van der Waals surface area contributed by atoms with Gasteiger partial charge in [0, 0.05) is 5.41 Å². The summed E-state index contributed by atoms with van der Waals surface area (Å²) in [4.78, 5) is 5.51. The van der Waals surface area contributed by atoms with Crippen LogP contribution in [0.3, 0.4) is 0 Å². The van der Waals surface area contributed by atoms with Gasteiger partial charge in [-0.1, -0.05) is 84.5 Å². The van der Waals surface area contributed by atoms with Crippen molar-refractivity contribution in [2.75, 3.05) is 7.11 Å². The fourth-order valence-corrected chi connectivity index (χ4v) is 9.68. The summed E-state index contributed by atoms with van der Waals surface area (Å²) < 4.78 is 0. The Labute approximate surface area is 210 Å². The monoisotopic (exact) mass is 471 g/mol. The predicted molar refractivity (Wildman–Crippen MR) is 143 cm³/mol. The smallest absolute Gasteiger partial charge is 0.106 e. The molecule has 3 nitrogen and oxygen atoms in total. The molecule has 0 heterocycles. The number of allylic oxidation sites excluding steroid dienone is 2. The highest BCUT2D eigenvalue weighted by molar-refractivity contribution is 5.96. The molecule has 0 spiro atoms. The van der Waals surface area contributed by atoms with Gasteiger partial charge in [0.2, 0.25) is 0 Å². The number of rotatable bonds is 6. The van der Waals surface area contributed by atoms with Crippen molar-refractivity contribution in [2.24, 2.45) is 56.4 Å². The molecule has 34 heavy (non-hydrogen) atoms. The van der Waals surface area contributed by atoms with E-state index in [2.05, 4.69) is 61.5 Å². The van der Waals surface area contributed by atoms with E-state index < -0.39 is 0 Å². The SMILES string of the molecule is CO/N=C1\C[C@H]([C@H](C)CCCC(C)C)[C@@]2(C)CC[C@H]3C(=CCC4C(C)(C)[C@@H](O)CC[C@@]43C)[C@]12C. The number of aliphatic hydroxyl groups excluding tert-OH is 1. The van der Waals surface area contributed by atoms with Gasteiger partial charge in [0.25, 0.3) is 0 Å². The molecule has 3 saturated carbocycles. The first-order valence-electron chi connectivity index (χ1n) is 14.3. The van der Waals surface area contributed by atoms with Crippen molar-refractivity contribution in [2.45, 2.75) is 119 Å². The van der Waals surface area contributed by atoms with Gasteiger partial charge in [-0.15, -0.1) is 0 Å². The number of fused-ring (bicyclic) bond motifs is 5. The van der Waals surface area contributed by atoms with Crippen LogP contribution < -0.4 is 0 Å². The second kappa shape index (κ2) is 8.93. The Bertz CT molecular complexity index is 827. The van der Waals surface area contributed by atoms with Crippen LogP contribution in [0.25, 0.3) is 0 Å². The van der Waals surface area contributed by atoms with Gasteiger partial charge in [-0.25, -0.2) is 0 Å². The molecular formula is C31H53NO2. The van der Waals surface area contributed by atoms with Crippen molar-refractivity contribution in [3.63, 3.8) is 0 Å². The molecule has 0 aromatic rings. The van der Waals surface area contributed by atoms with E-state index in [-0.39, 0.29) is 27.8 Å². The largest absolute Gasteiger partial charge is 0.399 e. The van der Waals surface area contributed by atoms with E-state index in [4.69, 9.17) is 9.99 Å². The van der Waals surface area contributed by atoms with Crippen LogP contribution in [0.5, 0.6) is 0 Å². The maximum atomic E-state index is 10.9. The molecule has 0 saturated heterocycles. The average Bonchev–Trinajstić information content (AvgIpc) is 2.99. The minimum Gasteiger partial charge on any atom is -0.399 e. The zero-order valence-electron chi connectivity index (χ0n) is 23.7. The maximum absolute atomic E-state index is 10.9. The van der Waals surface area contributed by atoms with Crippen LogP contribution in [0.2, 0.25) is 0 Å². The van der Waals surface area contributed by atoms with E-state index >= 15 is 0 Å². The molecule has 1 unspecified atom stereocenters. The summed E-state index contributed by atoms with van der Waals surface area (Å²) >= 11 is 0. The lowest BCUT2D eigenvalue weighted by Gasteiger charge is -2.64. The molecule has 8 atom stereocenters. The van der Waals surface area contributed by atoms with Crippen LogP contribution in [0, 0.1) is 51.2 Å². The van der Waals surface area contributed by atoms with Gasteiger partial charge in [-0.3, -0.25) is 0 Å². The summed E-state index contributed by atoms with van der Waals surface area (Å²) in [6.45, 7) is 19.5. The molecule has 4 rings (SSSR count). The van der Waals surface area contributed by atoms with Crippen molar-refractivity contribution < 1.29 is 9.94 Å². The number of hydrogen-bond acceptors (Lipinski definition) is 3. The number of aliphatic hydroxyl groups is 1. The van der Waals surface area contributed by atoms with E-state index in [0.29, 0.717) is 23.7 Å². The fourth-order valence-electron chi connectivity index (χ4n) is 9.68. The van der Waals surface area contributed by atoms with Crippen LogP contribution in [0.15, 0.2) is 16.8 Å². The van der Waals surface area contributed by atoms with Crippen LogP contribution in [-0.2, 0) is 4.84 Å². The van der Waals surface area contributed by atoms with Crippen LogP contribution >= 0.6 is 0 Å². The highest BCUT2D eigenvalue weighted by Gasteiger charge is 2.67. The normalized spacial score (nSPS) is 45.4. The zero-order chi connectivity index (χ0) is 25.1. The Hall–Kier alpha value is -0.830. The Morgan fingerprint density at radius 1 is 1.06 bits per heavy atom. The second-order valence-electron chi connectivity index (χ2n) is 14.3. The molecule has 1 N–H and O–H groups in total. The van der Waals surface area contributed by atoms with E-state index in [1.807, 2.05) is 0 Å². The summed E-state index contributed by atoms with van der Waals surface area (Å²) in [5, 5.41) is 15.6. The summed E-state index contributed by atoms with van der Waals surface area (Å²) in [6, 6.07) is 0. The standard InChI is InChI=1S/C31H53NO2/c1-20(2)11-10-12-21(3)24-19-26(32-34-9)31(8)23-13-14-25-28(4,5)27(33)16-17-29(25,6)22(23)15-18-30(24,31)7/h13,20-22,24-25,27,33H,10-12,14-19H2,1-9H3/b32-26+/t21-,22+,24-,25?,27+,29-,30-,31-/m1/s1. The molecule has 4 aliphatic rings. The quantitative estimate of drug-likeness (QED) is 0.315. The van der Waals surface area contributed by atoms with Crippen LogP contribution in [-0.4, -0.2) is 24.0 Å². The van der Waals surface area contributed by atoms with Gasteiger partial charge < -0.3 is 9.94 Å². The highest BCUT2D eigenvalue weighted by Crippen LogP contribution is 2.72. The topological polar surface area (TPSA) is 41.8 Å². The van der Waals surface area contributed by atoms with Crippen molar-refractivity contribution in [3.05, 3.63) is 11.6 Å². The lowest BCUT2D eigenvalue weighted by molar-refractivity contribution is -0.128. The Morgan fingerprint density at radius 3 is 2.41 bits per heavy atom. The first kappa shape index (κ1) is 26.2. The van der Waals surface area contributed by atoms with Crippen LogP contribution in [0.1, 0.15) is 113 Å². The van der Waals surface area contributed by atoms with Crippen molar-refractivity contribution in [3.8, 4) is 0 Å². The van der Waals surface area contributed by atoms with Crippen molar-refractivity contribution in [1.82, 2.24) is 0 Å². The van der Waals surface area contributed by atoms with E-state index in [1.54, 1.807) is 12.7 Å². The Kier molecular flexibility index (Phi) is 6.89. The zero-order valence-corrected chi connectivity index (χ0v) is 23.7.